The lowest BCUT2D eigenvalue weighted by Crippen LogP contribution is -2.52. The number of carbonyl (C=O) groups excluding carboxylic acids is 3. The van der Waals surface area contributed by atoms with Gasteiger partial charge in [-0.05, 0) is 44.9 Å². The van der Waals surface area contributed by atoms with Crippen LogP contribution in [0.3, 0.4) is 0 Å². The Kier molecular flexibility index (Phi) is 6.12. The molecule has 0 aliphatic carbocycles. The van der Waals surface area contributed by atoms with E-state index >= 15 is 0 Å². The summed E-state index contributed by atoms with van der Waals surface area (Å²) in [5.41, 5.74) is 3.54. The minimum Gasteiger partial charge on any atom is -0.466 e. The van der Waals surface area contributed by atoms with Crippen molar-refractivity contribution >= 4 is 40.9 Å². The van der Waals surface area contributed by atoms with Crippen LogP contribution in [0.25, 0.3) is 0 Å². The van der Waals surface area contributed by atoms with Gasteiger partial charge < -0.3 is 4.74 Å². The number of amides is 2. The number of hydrogen-bond donors (Lipinski definition) is 0. The second-order valence-corrected chi connectivity index (χ2v) is 10.2. The van der Waals surface area contributed by atoms with Gasteiger partial charge in [0.15, 0.2) is 0 Å². The van der Waals surface area contributed by atoms with E-state index < -0.39 is 4.87 Å². The smallest absolute Gasteiger partial charge is 0.309 e. The second kappa shape index (κ2) is 9.07. The Morgan fingerprint density at radius 3 is 2.50 bits per heavy atom. The number of esters is 1. The van der Waals surface area contributed by atoms with E-state index in [1.165, 1.54) is 11.8 Å². The second-order valence-electron chi connectivity index (χ2n) is 9.03. The molecular formula is C26H29N3O4S. The number of fused-ring (bicyclic) bond motifs is 2. The van der Waals surface area contributed by atoms with Crippen LogP contribution >= 0.6 is 11.8 Å². The number of nitrogens with zero attached hydrogens (tertiary/aromatic N) is 3. The maximum Gasteiger partial charge on any atom is 0.309 e. The average molecular weight is 480 g/mol. The Morgan fingerprint density at radius 2 is 1.79 bits per heavy atom. The number of rotatable bonds is 5. The van der Waals surface area contributed by atoms with Crippen LogP contribution in [0.15, 0.2) is 48.5 Å². The highest BCUT2D eigenvalue weighted by atomic mass is 32.2. The molecule has 8 heteroatoms. The third kappa shape index (κ3) is 3.69. The minimum atomic E-state index is -1.09. The number of benzene rings is 2. The zero-order chi connectivity index (χ0) is 23.9. The molecule has 2 aromatic rings. The topological polar surface area (TPSA) is 70.2 Å². The van der Waals surface area contributed by atoms with Gasteiger partial charge >= 0.3 is 5.97 Å². The van der Waals surface area contributed by atoms with Crippen LogP contribution in [0.2, 0.25) is 0 Å². The van der Waals surface area contributed by atoms with Crippen LogP contribution in [0, 0.1) is 12.8 Å². The van der Waals surface area contributed by atoms with Gasteiger partial charge in [-0.2, -0.15) is 0 Å². The SMILES string of the molecule is CCOC(=O)C1CCN(CN2C(=O)[C@]3(SCC(=O)N3c3ccc(C)cc3)c3ccccc32)CC1. The highest BCUT2D eigenvalue weighted by molar-refractivity contribution is 8.02. The van der Waals surface area contributed by atoms with Crippen molar-refractivity contribution in [2.75, 3.05) is 41.9 Å². The summed E-state index contributed by atoms with van der Waals surface area (Å²) in [6.45, 7) is 6.10. The third-order valence-electron chi connectivity index (χ3n) is 6.90. The van der Waals surface area contributed by atoms with Crippen molar-refractivity contribution in [3.63, 3.8) is 0 Å². The van der Waals surface area contributed by atoms with E-state index in [0.717, 1.165) is 48.4 Å². The highest BCUT2D eigenvalue weighted by Crippen LogP contribution is 2.55. The van der Waals surface area contributed by atoms with Crippen LogP contribution in [0.1, 0.15) is 30.9 Å². The normalized spacial score (nSPS) is 23.1. The molecule has 0 N–H and O–H groups in total. The van der Waals surface area contributed by atoms with E-state index in [1.807, 2.05) is 67.3 Å². The molecule has 1 atom stereocenters. The lowest BCUT2D eigenvalue weighted by Gasteiger charge is -2.36. The maximum absolute atomic E-state index is 14.1. The number of likely N-dealkylation sites (tertiary alicyclic amines) is 1. The average Bonchev–Trinajstić information content (AvgIpc) is 3.31. The molecule has 2 amide bonds. The Hall–Kier alpha value is -2.84. The van der Waals surface area contributed by atoms with E-state index in [-0.39, 0.29) is 29.5 Å². The monoisotopic (exact) mass is 479 g/mol. The molecule has 34 heavy (non-hydrogen) atoms. The number of aryl methyl sites for hydroxylation is 1. The Labute approximate surface area is 204 Å². The summed E-state index contributed by atoms with van der Waals surface area (Å²) >= 11 is 1.40. The number of anilines is 2. The van der Waals surface area contributed by atoms with Crippen molar-refractivity contribution in [1.82, 2.24) is 4.90 Å². The zero-order valence-corrected chi connectivity index (χ0v) is 20.3. The first kappa shape index (κ1) is 22.9. The molecule has 3 aliphatic heterocycles. The summed E-state index contributed by atoms with van der Waals surface area (Å²) in [6, 6.07) is 15.6. The standard InChI is InChI=1S/C26H29N3O4S/c1-3-33-24(31)19-12-14-27(15-13-19)17-28-22-7-5-4-6-21(22)26(25(28)32)29(23(30)16-34-26)20-10-8-18(2)9-11-20/h4-11,19H,3,12-17H2,1-2H3/t26-/m1/s1. The molecule has 7 nitrogen and oxygen atoms in total. The molecular weight excluding hydrogens is 450 g/mol. The summed E-state index contributed by atoms with van der Waals surface area (Å²) < 4.78 is 5.19. The lowest BCUT2D eigenvalue weighted by molar-refractivity contribution is -0.149. The molecule has 3 heterocycles. The highest BCUT2D eigenvalue weighted by Gasteiger charge is 2.61. The number of ether oxygens (including phenoxy) is 1. The molecule has 5 rings (SSSR count). The quantitative estimate of drug-likeness (QED) is 0.612. The van der Waals surface area contributed by atoms with E-state index in [0.29, 0.717) is 13.3 Å². The fourth-order valence-corrected chi connectivity index (χ4v) is 6.52. The first-order chi connectivity index (χ1) is 16.5. The van der Waals surface area contributed by atoms with Gasteiger partial charge in [-0.15, -0.1) is 11.8 Å². The van der Waals surface area contributed by atoms with E-state index in [9.17, 15) is 14.4 Å². The molecule has 2 fully saturated rings. The minimum absolute atomic E-state index is 0.0610. The molecule has 2 saturated heterocycles. The summed E-state index contributed by atoms with van der Waals surface area (Å²) in [5, 5.41) is 0. The van der Waals surface area contributed by atoms with Crippen molar-refractivity contribution in [3.05, 3.63) is 59.7 Å². The largest absolute Gasteiger partial charge is 0.466 e. The first-order valence-electron chi connectivity index (χ1n) is 11.8. The summed E-state index contributed by atoms with van der Waals surface area (Å²) in [6.07, 6.45) is 1.44. The zero-order valence-electron chi connectivity index (χ0n) is 19.5. The van der Waals surface area contributed by atoms with Crippen LogP contribution in [-0.2, 0) is 24.0 Å². The maximum atomic E-state index is 14.1. The van der Waals surface area contributed by atoms with E-state index in [4.69, 9.17) is 4.74 Å². The van der Waals surface area contributed by atoms with Gasteiger partial charge in [-0.25, -0.2) is 0 Å². The predicted molar refractivity (Wildman–Crippen MR) is 133 cm³/mol. The molecule has 0 unspecified atom stereocenters. The summed E-state index contributed by atoms with van der Waals surface area (Å²) in [4.78, 5) is 44.0. The third-order valence-corrected chi connectivity index (χ3v) is 8.29. The number of hydrogen-bond acceptors (Lipinski definition) is 6. The van der Waals surface area contributed by atoms with Gasteiger partial charge in [-0.1, -0.05) is 35.9 Å². The van der Waals surface area contributed by atoms with Crippen molar-refractivity contribution in [2.24, 2.45) is 5.92 Å². The molecule has 1 spiro atoms. The number of piperidine rings is 1. The van der Waals surface area contributed by atoms with Crippen LogP contribution < -0.4 is 9.80 Å². The van der Waals surface area contributed by atoms with Crippen LogP contribution in [0.5, 0.6) is 0 Å². The molecule has 3 aliphatic rings. The van der Waals surface area contributed by atoms with Gasteiger partial charge in [0.2, 0.25) is 10.8 Å². The van der Waals surface area contributed by atoms with E-state index in [1.54, 1.807) is 4.90 Å². The van der Waals surface area contributed by atoms with Crippen molar-refractivity contribution in [1.29, 1.82) is 0 Å². The lowest BCUT2D eigenvalue weighted by atomic mass is 9.97. The summed E-state index contributed by atoms with van der Waals surface area (Å²) in [7, 11) is 0. The van der Waals surface area contributed by atoms with Crippen LogP contribution in [-0.4, -0.2) is 54.8 Å². The molecule has 178 valence electrons. The molecule has 0 bridgehead atoms. The van der Waals surface area contributed by atoms with Gasteiger partial charge in [0, 0.05) is 24.3 Å². The number of para-hydroxylation sites is 1. The van der Waals surface area contributed by atoms with Gasteiger partial charge in [0.1, 0.15) is 0 Å². The molecule has 0 saturated carbocycles. The Bertz CT molecular complexity index is 1110. The first-order valence-corrected chi connectivity index (χ1v) is 12.8. The number of carbonyl (C=O) groups is 3. The van der Waals surface area contributed by atoms with Crippen LogP contribution in [0.4, 0.5) is 11.4 Å². The summed E-state index contributed by atoms with van der Waals surface area (Å²) in [5.74, 6) is -0.0959. The molecule has 2 aromatic carbocycles. The predicted octanol–water partition coefficient (Wildman–Crippen LogP) is 3.51. The van der Waals surface area contributed by atoms with Gasteiger partial charge in [0.25, 0.3) is 5.91 Å². The fourth-order valence-electron chi connectivity index (χ4n) is 5.16. The Morgan fingerprint density at radius 1 is 1.09 bits per heavy atom. The van der Waals surface area contributed by atoms with Crippen molar-refractivity contribution in [3.8, 4) is 0 Å². The number of thioether (sulfide) groups is 1. The van der Waals surface area contributed by atoms with Gasteiger partial charge in [-0.3, -0.25) is 29.1 Å². The molecule has 0 aromatic heterocycles. The molecule has 0 radical (unpaired) electrons. The van der Waals surface area contributed by atoms with E-state index in [2.05, 4.69) is 4.90 Å². The Balaban J connectivity index is 1.43. The van der Waals surface area contributed by atoms with Gasteiger partial charge in [0.05, 0.1) is 30.6 Å². The van der Waals surface area contributed by atoms with Crippen molar-refractivity contribution < 1.29 is 19.1 Å². The van der Waals surface area contributed by atoms with Crippen molar-refractivity contribution in [2.45, 2.75) is 31.6 Å². The fraction of sp³-hybridized carbons (Fsp3) is 0.423.